The van der Waals surface area contributed by atoms with Crippen LogP contribution in [0.15, 0.2) is 24.3 Å². The third kappa shape index (κ3) is 2.72. The van der Waals surface area contributed by atoms with Crippen LogP contribution < -0.4 is 5.73 Å². The van der Waals surface area contributed by atoms with Gasteiger partial charge in [0.25, 0.3) is 0 Å². The second-order valence-electron chi connectivity index (χ2n) is 5.36. The van der Waals surface area contributed by atoms with Crippen LogP contribution in [0.2, 0.25) is 5.02 Å². The van der Waals surface area contributed by atoms with Crippen molar-refractivity contribution >= 4 is 21.4 Å². The van der Waals surface area contributed by atoms with Gasteiger partial charge >= 0.3 is 0 Å². The zero-order valence-corrected chi connectivity index (χ0v) is 13.2. The van der Waals surface area contributed by atoms with Crippen LogP contribution in [0.1, 0.15) is 18.4 Å². The van der Waals surface area contributed by atoms with E-state index < -0.39 is 20.5 Å². The summed E-state index contributed by atoms with van der Waals surface area (Å²) in [7, 11) is -3.19. The van der Waals surface area contributed by atoms with Crippen LogP contribution in [0.3, 0.4) is 0 Å². The number of benzene rings is 1. The third-order valence-electron chi connectivity index (χ3n) is 4.00. The van der Waals surface area contributed by atoms with Crippen molar-refractivity contribution in [1.29, 1.82) is 0 Å². The van der Waals surface area contributed by atoms with Gasteiger partial charge in [-0.1, -0.05) is 23.7 Å². The van der Waals surface area contributed by atoms with Gasteiger partial charge in [-0.05, 0) is 24.6 Å². The molecule has 2 rings (SSSR count). The van der Waals surface area contributed by atoms with Crippen LogP contribution in [-0.4, -0.2) is 39.7 Å². The molecule has 0 radical (unpaired) electrons. The van der Waals surface area contributed by atoms with Gasteiger partial charge in [0.05, 0.1) is 11.9 Å². The molecule has 0 heterocycles. The van der Waals surface area contributed by atoms with E-state index in [-0.39, 0.29) is 12.5 Å². The fourth-order valence-corrected chi connectivity index (χ4v) is 5.31. The number of sulfone groups is 1. The Morgan fingerprint density at radius 2 is 2.15 bits per heavy atom. The van der Waals surface area contributed by atoms with Crippen molar-refractivity contribution in [2.24, 2.45) is 11.1 Å². The molecule has 0 aromatic heterocycles. The van der Waals surface area contributed by atoms with Gasteiger partial charge in [0.15, 0.2) is 9.84 Å². The summed E-state index contributed by atoms with van der Waals surface area (Å²) in [4.78, 5) is 0. The van der Waals surface area contributed by atoms with Crippen molar-refractivity contribution in [2.75, 3.05) is 26.0 Å². The van der Waals surface area contributed by atoms with Crippen molar-refractivity contribution in [3.8, 4) is 0 Å². The van der Waals surface area contributed by atoms with Gasteiger partial charge < -0.3 is 10.5 Å². The molecule has 0 spiro atoms. The Bertz CT molecular complexity index is 590. The summed E-state index contributed by atoms with van der Waals surface area (Å²) in [6.45, 7) is 3.06. The van der Waals surface area contributed by atoms with Gasteiger partial charge in [0, 0.05) is 35.8 Å². The fraction of sp³-hybridized carbons (Fsp3) is 0.571. The van der Waals surface area contributed by atoms with Gasteiger partial charge in [-0.3, -0.25) is 0 Å². The van der Waals surface area contributed by atoms with E-state index in [0.717, 1.165) is 5.56 Å². The Balaban J connectivity index is 2.39. The van der Waals surface area contributed by atoms with Crippen molar-refractivity contribution in [1.82, 2.24) is 0 Å². The lowest BCUT2D eigenvalue weighted by atomic mass is 10.00. The van der Waals surface area contributed by atoms with Crippen molar-refractivity contribution in [2.45, 2.75) is 18.1 Å². The first-order valence-electron chi connectivity index (χ1n) is 6.59. The quantitative estimate of drug-likeness (QED) is 0.869. The molecule has 0 bridgehead atoms. The Labute approximate surface area is 125 Å². The lowest BCUT2D eigenvalue weighted by molar-refractivity contribution is 0.101. The highest BCUT2D eigenvalue weighted by Crippen LogP contribution is 2.62. The van der Waals surface area contributed by atoms with Gasteiger partial charge in [0.2, 0.25) is 0 Å². The fourth-order valence-electron chi connectivity index (χ4n) is 3.10. The lowest BCUT2D eigenvalue weighted by Crippen LogP contribution is -2.28. The molecular formula is C14H20ClNO3S. The van der Waals surface area contributed by atoms with Crippen LogP contribution in [-0.2, 0) is 14.6 Å². The standard InChI is InChI=1S/C14H20ClNO3S/c1-3-19-9-14(8-16)12(13(14)20(2,17)18)10-5-4-6-11(15)7-10/h4-7,12-13H,3,8-9,16H2,1-2H3/t12-,13+,14+/m0/s1. The molecule has 1 aromatic carbocycles. The van der Waals surface area contributed by atoms with Gasteiger partial charge in [-0.2, -0.15) is 0 Å². The first-order chi connectivity index (χ1) is 9.36. The molecule has 0 amide bonds. The van der Waals surface area contributed by atoms with E-state index in [1.54, 1.807) is 6.07 Å². The molecule has 0 saturated heterocycles. The molecule has 1 saturated carbocycles. The minimum atomic E-state index is -3.19. The predicted molar refractivity (Wildman–Crippen MR) is 80.8 cm³/mol. The second kappa shape index (κ2) is 5.64. The van der Waals surface area contributed by atoms with Gasteiger partial charge in [-0.25, -0.2) is 8.42 Å². The van der Waals surface area contributed by atoms with Crippen molar-refractivity contribution in [3.05, 3.63) is 34.9 Å². The minimum absolute atomic E-state index is 0.146. The molecule has 0 unspecified atom stereocenters. The smallest absolute Gasteiger partial charge is 0.151 e. The first kappa shape index (κ1) is 15.8. The molecule has 4 nitrogen and oxygen atoms in total. The van der Waals surface area contributed by atoms with Crippen molar-refractivity contribution in [3.63, 3.8) is 0 Å². The molecular weight excluding hydrogens is 298 g/mol. The summed E-state index contributed by atoms with van der Waals surface area (Å²) in [5.41, 5.74) is 6.27. The molecule has 1 aromatic rings. The van der Waals surface area contributed by atoms with Crippen LogP contribution in [0.4, 0.5) is 0 Å². The maximum Gasteiger partial charge on any atom is 0.151 e. The van der Waals surface area contributed by atoms with Crippen LogP contribution >= 0.6 is 11.6 Å². The summed E-state index contributed by atoms with van der Waals surface area (Å²) in [6.07, 6.45) is 1.26. The molecule has 1 aliphatic carbocycles. The normalized spacial score (nSPS) is 29.4. The number of ether oxygens (including phenoxy) is 1. The molecule has 3 atom stereocenters. The predicted octanol–water partition coefficient (Wildman–Crippen LogP) is 1.83. The highest BCUT2D eigenvalue weighted by atomic mass is 35.5. The Morgan fingerprint density at radius 1 is 1.45 bits per heavy atom. The van der Waals surface area contributed by atoms with Crippen LogP contribution in [0, 0.1) is 5.41 Å². The largest absolute Gasteiger partial charge is 0.381 e. The molecule has 0 aliphatic heterocycles. The molecule has 2 N–H and O–H groups in total. The molecule has 6 heteroatoms. The molecule has 20 heavy (non-hydrogen) atoms. The number of rotatable bonds is 6. The van der Waals surface area contributed by atoms with E-state index in [1.807, 2.05) is 25.1 Å². The third-order valence-corrected chi connectivity index (χ3v) is 5.90. The molecule has 1 aliphatic rings. The summed E-state index contributed by atoms with van der Waals surface area (Å²) < 4.78 is 29.6. The van der Waals surface area contributed by atoms with E-state index >= 15 is 0 Å². The van der Waals surface area contributed by atoms with Crippen LogP contribution in [0.25, 0.3) is 0 Å². The van der Waals surface area contributed by atoms with Crippen molar-refractivity contribution < 1.29 is 13.2 Å². The SMILES string of the molecule is CCOC[C@@]1(CN)[C@H](S(C)(=O)=O)[C@@H]1c1cccc(Cl)c1. The first-order valence-corrected chi connectivity index (χ1v) is 8.92. The van der Waals surface area contributed by atoms with Gasteiger partial charge in [0.1, 0.15) is 0 Å². The lowest BCUT2D eigenvalue weighted by Gasteiger charge is -2.15. The van der Waals surface area contributed by atoms with E-state index in [0.29, 0.717) is 18.2 Å². The van der Waals surface area contributed by atoms with Gasteiger partial charge in [-0.15, -0.1) is 0 Å². The van der Waals surface area contributed by atoms with E-state index in [9.17, 15) is 8.42 Å². The average molecular weight is 318 g/mol. The molecule has 1 fully saturated rings. The Hall–Kier alpha value is -0.620. The molecule has 112 valence electrons. The summed E-state index contributed by atoms with van der Waals surface area (Å²) in [6, 6.07) is 7.32. The van der Waals surface area contributed by atoms with E-state index in [4.69, 9.17) is 22.1 Å². The zero-order chi connectivity index (χ0) is 15.0. The topological polar surface area (TPSA) is 69.4 Å². The highest BCUT2D eigenvalue weighted by Gasteiger charge is 2.69. The number of nitrogens with two attached hydrogens (primary N) is 1. The van der Waals surface area contributed by atoms with Crippen LogP contribution in [0.5, 0.6) is 0 Å². The van der Waals surface area contributed by atoms with E-state index in [2.05, 4.69) is 0 Å². The maximum absolute atomic E-state index is 12.1. The summed E-state index contributed by atoms with van der Waals surface area (Å²) in [5.74, 6) is -0.146. The highest BCUT2D eigenvalue weighted by molar-refractivity contribution is 7.91. The monoisotopic (exact) mass is 317 g/mol. The maximum atomic E-state index is 12.1. The minimum Gasteiger partial charge on any atom is -0.381 e. The zero-order valence-electron chi connectivity index (χ0n) is 11.7. The number of hydrogen-bond acceptors (Lipinski definition) is 4. The Morgan fingerprint density at radius 3 is 2.65 bits per heavy atom. The second-order valence-corrected chi connectivity index (χ2v) is 7.96. The Kier molecular flexibility index (Phi) is 4.44. The number of hydrogen-bond donors (Lipinski definition) is 1. The van der Waals surface area contributed by atoms with E-state index in [1.165, 1.54) is 6.26 Å². The number of halogens is 1. The summed E-state index contributed by atoms with van der Waals surface area (Å²) in [5, 5.41) is 0.106. The average Bonchev–Trinajstić information content (AvgIpc) is 3.06. The summed E-state index contributed by atoms with van der Waals surface area (Å²) >= 11 is 6.01.